The molecule has 0 saturated carbocycles. The molecule has 0 unspecified atom stereocenters. The first-order chi connectivity index (χ1) is 8.15. The van der Waals surface area contributed by atoms with Crippen molar-refractivity contribution in [2.45, 2.75) is 25.4 Å². The van der Waals surface area contributed by atoms with Crippen molar-refractivity contribution in [3.05, 3.63) is 32.4 Å². The van der Waals surface area contributed by atoms with Crippen LogP contribution in [0.2, 0.25) is 0 Å². The largest absolute Gasteiger partial charge is 0.403 e. The van der Waals surface area contributed by atoms with Crippen LogP contribution in [0.3, 0.4) is 0 Å². The SMILES string of the molecule is CCSc1nc2oc(=O)cc(CC)c2c(=O)[nH]1. The highest BCUT2D eigenvalue weighted by molar-refractivity contribution is 7.99. The Kier molecular flexibility index (Phi) is 3.33. The maximum atomic E-state index is 11.9. The molecule has 0 radical (unpaired) electrons. The van der Waals surface area contributed by atoms with Crippen molar-refractivity contribution in [2.24, 2.45) is 0 Å². The van der Waals surface area contributed by atoms with Gasteiger partial charge in [0.05, 0.1) is 0 Å². The molecule has 2 heterocycles. The molecule has 2 aromatic heterocycles. The normalized spacial score (nSPS) is 10.9. The lowest BCUT2D eigenvalue weighted by Gasteiger charge is -2.02. The third kappa shape index (κ3) is 2.26. The predicted molar refractivity (Wildman–Crippen MR) is 66.7 cm³/mol. The summed E-state index contributed by atoms with van der Waals surface area (Å²) in [6.07, 6.45) is 0.590. The number of nitrogens with zero attached hydrogens (tertiary/aromatic N) is 1. The number of aromatic nitrogens is 2. The number of hydrogen-bond acceptors (Lipinski definition) is 5. The van der Waals surface area contributed by atoms with Crippen LogP contribution in [0.15, 0.2) is 25.2 Å². The fourth-order valence-corrected chi connectivity index (χ4v) is 2.20. The maximum absolute atomic E-state index is 11.9. The van der Waals surface area contributed by atoms with Gasteiger partial charge < -0.3 is 9.40 Å². The third-order valence-corrected chi connectivity index (χ3v) is 3.09. The lowest BCUT2D eigenvalue weighted by Crippen LogP contribution is -2.14. The quantitative estimate of drug-likeness (QED) is 0.662. The topological polar surface area (TPSA) is 76.0 Å². The number of aromatic amines is 1. The van der Waals surface area contributed by atoms with Crippen molar-refractivity contribution in [1.29, 1.82) is 0 Å². The lowest BCUT2D eigenvalue weighted by atomic mass is 10.1. The summed E-state index contributed by atoms with van der Waals surface area (Å²) in [5.74, 6) is 0.784. The van der Waals surface area contributed by atoms with Gasteiger partial charge in [0.2, 0.25) is 5.71 Å². The minimum absolute atomic E-state index is 0.119. The van der Waals surface area contributed by atoms with Crippen LogP contribution in [-0.2, 0) is 6.42 Å². The van der Waals surface area contributed by atoms with Crippen LogP contribution in [-0.4, -0.2) is 15.7 Å². The standard InChI is InChI=1S/C11H12N2O3S/c1-3-6-5-7(14)16-10-8(6)9(15)12-11(13-10)17-4-2/h5H,3-4H2,1-2H3,(H,12,13,15). The van der Waals surface area contributed by atoms with E-state index in [1.807, 2.05) is 13.8 Å². The summed E-state index contributed by atoms with van der Waals surface area (Å²) in [5.41, 5.74) is 0.0542. The molecule has 0 aliphatic carbocycles. The van der Waals surface area contributed by atoms with Gasteiger partial charge in [-0.05, 0) is 17.7 Å². The highest BCUT2D eigenvalue weighted by atomic mass is 32.2. The van der Waals surface area contributed by atoms with E-state index in [9.17, 15) is 9.59 Å². The molecule has 0 aromatic carbocycles. The zero-order valence-corrected chi connectivity index (χ0v) is 10.4. The molecule has 0 saturated heterocycles. The van der Waals surface area contributed by atoms with Gasteiger partial charge in [-0.15, -0.1) is 0 Å². The van der Waals surface area contributed by atoms with E-state index in [1.165, 1.54) is 17.8 Å². The third-order valence-electron chi connectivity index (χ3n) is 2.34. The summed E-state index contributed by atoms with van der Waals surface area (Å²) in [6, 6.07) is 1.34. The van der Waals surface area contributed by atoms with E-state index >= 15 is 0 Å². The molecule has 0 atom stereocenters. The van der Waals surface area contributed by atoms with Crippen LogP contribution in [0.4, 0.5) is 0 Å². The second-order valence-electron chi connectivity index (χ2n) is 3.43. The molecule has 2 aromatic rings. The molecule has 2 rings (SSSR count). The van der Waals surface area contributed by atoms with Gasteiger partial charge in [0.25, 0.3) is 5.56 Å². The van der Waals surface area contributed by atoms with Gasteiger partial charge in [0.15, 0.2) is 5.16 Å². The van der Waals surface area contributed by atoms with Crippen LogP contribution in [0.1, 0.15) is 19.4 Å². The average molecular weight is 252 g/mol. The number of nitrogens with one attached hydrogen (secondary N) is 1. The van der Waals surface area contributed by atoms with Crippen molar-refractivity contribution >= 4 is 22.9 Å². The summed E-state index contributed by atoms with van der Waals surface area (Å²) in [7, 11) is 0. The van der Waals surface area contributed by atoms with Gasteiger partial charge in [0, 0.05) is 6.07 Å². The van der Waals surface area contributed by atoms with E-state index < -0.39 is 5.63 Å². The number of hydrogen-bond donors (Lipinski definition) is 1. The average Bonchev–Trinajstić information content (AvgIpc) is 2.27. The van der Waals surface area contributed by atoms with Crippen molar-refractivity contribution in [1.82, 2.24) is 9.97 Å². The van der Waals surface area contributed by atoms with Gasteiger partial charge >= 0.3 is 5.63 Å². The molecular formula is C11H12N2O3S. The summed E-state index contributed by atoms with van der Waals surface area (Å²) in [4.78, 5) is 30.0. The first-order valence-corrected chi connectivity index (χ1v) is 6.34. The Hall–Kier alpha value is -1.56. The summed E-state index contributed by atoms with van der Waals surface area (Å²) in [6.45, 7) is 3.83. The molecule has 5 nitrogen and oxygen atoms in total. The van der Waals surface area contributed by atoms with Crippen molar-refractivity contribution in [3.63, 3.8) is 0 Å². The Morgan fingerprint density at radius 2 is 2.18 bits per heavy atom. The van der Waals surface area contributed by atoms with E-state index in [2.05, 4.69) is 9.97 Å². The predicted octanol–water partition coefficient (Wildman–Crippen LogP) is 1.55. The zero-order chi connectivity index (χ0) is 12.4. The van der Waals surface area contributed by atoms with Gasteiger partial charge in [-0.25, -0.2) is 4.79 Å². The second-order valence-corrected chi connectivity index (χ2v) is 4.68. The van der Waals surface area contributed by atoms with Crippen LogP contribution >= 0.6 is 11.8 Å². The van der Waals surface area contributed by atoms with Crippen LogP contribution in [0.5, 0.6) is 0 Å². The van der Waals surface area contributed by atoms with E-state index in [-0.39, 0.29) is 11.3 Å². The number of aryl methyl sites for hydroxylation is 1. The summed E-state index contributed by atoms with van der Waals surface area (Å²) in [5, 5.41) is 0.842. The zero-order valence-electron chi connectivity index (χ0n) is 9.57. The van der Waals surface area contributed by atoms with E-state index in [4.69, 9.17) is 4.42 Å². The summed E-state index contributed by atoms with van der Waals surface area (Å²) < 4.78 is 4.97. The fraction of sp³-hybridized carbons (Fsp3) is 0.364. The van der Waals surface area contributed by atoms with Crippen molar-refractivity contribution in [3.8, 4) is 0 Å². The molecule has 0 bridgehead atoms. The van der Waals surface area contributed by atoms with Crippen LogP contribution < -0.4 is 11.2 Å². The molecule has 1 N–H and O–H groups in total. The Morgan fingerprint density at radius 1 is 1.41 bits per heavy atom. The molecule has 90 valence electrons. The Morgan fingerprint density at radius 3 is 2.82 bits per heavy atom. The van der Waals surface area contributed by atoms with Gasteiger partial charge in [-0.2, -0.15) is 4.98 Å². The lowest BCUT2D eigenvalue weighted by molar-refractivity contribution is 0.541. The molecule has 17 heavy (non-hydrogen) atoms. The molecule has 0 fully saturated rings. The monoisotopic (exact) mass is 252 g/mol. The minimum atomic E-state index is -0.472. The van der Waals surface area contributed by atoms with E-state index in [1.54, 1.807) is 0 Å². The highest BCUT2D eigenvalue weighted by Gasteiger charge is 2.11. The van der Waals surface area contributed by atoms with Crippen LogP contribution in [0.25, 0.3) is 11.1 Å². The highest BCUT2D eigenvalue weighted by Crippen LogP contribution is 2.15. The Balaban J connectivity index is 2.81. The fourth-order valence-electron chi connectivity index (χ4n) is 1.61. The Labute approximate surface area is 101 Å². The van der Waals surface area contributed by atoms with Crippen molar-refractivity contribution < 1.29 is 4.42 Å². The van der Waals surface area contributed by atoms with Gasteiger partial charge in [-0.3, -0.25) is 4.79 Å². The smallest absolute Gasteiger partial charge is 0.337 e. The van der Waals surface area contributed by atoms with E-state index in [0.717, 1.165) is 5.75 Å². The Bertz CT molecular complexity index is 660. The molecule has 0 spiro atoms. The van der Waals surface area contributed by atoms with Gasteiger partial charge in [-0.1, -0.05) is 25.6 Å². The minimum Gasteiger partial charge on any atom is -0.403 e. The number of rotatable bonds is 3. The molecule has 6 heteroatoms. The molecule has 0 amide bonds. The molecular weight excluding hydrogens is 240 g/mol. The maximum Gasteiger partial charge on any atom is 0.337 e. The molecule has 0 aliphatic rings. The second kappa shape index (κ2) is 4.75. The number of fused-ring (bicyclic) bond motifs is 1. The number of thioether (sulfide) groups is 1. The van der Waals surface area contributed by atoms with Crippen LogP contribution in [0, 0.1) is 0 Å². The molecule has 0 aliphatic heterocycles. The first-order valence-electron chi connectivity index (χ1n) is 5.35. The number of H-pyrrole nitrogens is 1. The van der Waals surface area contributed by atoms with Crippen molar-refractivity contribution in [2.75, 3.05) is 5.75 Å². The first kappa shape index (κ1) is 11.9. The van der Waals surface area contributed by atoms with E-state index in [0.29, 0.717) is 22.5 Å². The summed E-state index contributed by atoms with van der Waals surface area (Å²) >= 11 is 1.39. The van der Waals surface area contributed by atoms with Gasteiger partial charge in [0.1, 0.15) is 5.39 Å².